The molecular formula is C14H13N3OS2. The fourth-order valence-electron chi connectivity index (χ4n) is 1.88. The van der Waals surface area contributed by atoms with Gasteiger partial charge in [0.1, 0.15) is 4.90 Å². The quantitative estimate of drug-likeness (QED) is 0.807. The maximum absolute atomic E-state index is 12.5. The second-order valence-electron chi connectivity index (χ2n) is 4.40. The first-order valence-electron chi connectivity index (χ1n) is 6.12. The predicted octanol–water partition coefficient (Wildman–Crippen LogP) is 3.39. The molecule has 0 fully saturated rings. The highest BCUT2D eigenvalue weighted by atomic mass is 32.2. The van der Waals surface area contributed by atoms with Crippen LogP contribution in [0.4, 0.5) is 0 Å². The van der Waals surface area contributed by atoms with Crippen molar-refractivity contribution in [3.05, 3.63) is 57.5 Å². The van der Waals surface area contributed by atoms with Gasteiger partial charge >= 0.3 is 0 Å². The monoisotopic (exact) mass is 303 g/mol. The maximum Gasteiger partial charge on any atom is 0.285 e. The molecule has 6 heteroatoms. The molecule has 1 N–H and O–H groups in total. The molecule has 0 radical (unpaired) electrons. The van der Waals surface area contributed by atoms with Gasteiger partial charge in [-0.1, -0.05) is 30.0 Å². The molecule has 102 valence electrons. The number of hydrogen-bond donors (Lipinski definition) is 1. The van der Waals surface area contributed by atoms with E-state index in [0.29, 0.717) is 4.90 Å². The van der Waals surface area contributed by atoms with Crippen molar-refractivity contribution in [1.29, 1.82) is 0 Å². The lowest BCUT2D eigenvalue weighted by molar-refractivity contribution is 0.834. The smallest absolute Gasteiger partial charge is 0.285 e. The minimum absolute atomic E-state index is 0.0356. The first-order valence-corrected chi connectivity index (χ1v) is 7.82. The summed E-state index contributed by atoms with van der Waals surface area (Å²) in [6, 6.07) is 9.56. The van der Waals surface area contributed by atoms with Gasteiger partial charge < -0.3 is 0 Å². The molecule has 0 unspecified atom stereocenters. The molecule has 0 aliphatic rings. The summed E-state index contributed by atoms with van der Waals surface area (Å²) in [5, 5.41) is 5.10. The number of aromatic amines is 1. The Kier molecular flexibility index (Phi) is 3.50. The van der Waals surface area contributed by atoms with Crippen LogP contribution in [-0.4, -0.2) is 14.8 Å². The van der Waals surface area contributed by atoms with Crippen molar-refractivity contribution in [3.8, 4) is 5.69 Å². The van der Waals surface area contributed by atoms with Crippen LogP contribution in [-0.2, 0) is 0 Å². The van der Waals surface area contributed by atoms with Crippen molar-refractivity contribution < 1.29 is 0 Å². The normalized spacial score (nSPS) is 10.9. The molecule has 3 rings (SSSR count). The number of aryl methyl sites for hydroxylation is 2. The number of aromatic nitrogens is 3. The SMILES string of the molecule is Cc1csc(Sc2c(C)[nH]n(-c3ccccc3)c2=O)n1. The van der Waals surface area contributed by atoms with Crippen LogP contribution in [0.2, 0.25) is 0 Å². The van der Waals surface area contributed by atoms with E-state index in [2.05, 4.69) is 10.1 Å². The standard InChI is InChI=1S/C14H13N3OS2/c1-9-8-19-14(15-9)20-12-10(2)16-17(13(12)18)11-6-4-3-5-7-11/h3-8,16H,1-2H3. The number of thiazole rings is 1. The van der Waals surface area contributed by atoms with Gasteiger partial charge in [0.25, 0.3) is 5.56 Å². The zero-order valence-corrected chi connectivity index (χ0v) is 12.7. The zero-order valence-electron chi connectivity index (χ0n) is 11.1. The molecule has 3 aromatic rings. The van der Waals surface area contributed by atoms with Crippen LogP contribution in [0.1, 0.15) is 11.4 Å². The second-order valence-corrected chi connectivity index (χ2v) is 6.51. The topological polar surface area (TPSA) is 50.7 Å². The molecule has 0 saturated heterocycles. The van der Waals surface area contributed by atoms with Gasteiger partial charge in [-0.2, -0.15) is 0 Å². The van der Waals surface area contributed by atoms with E-state index in [0.717, 1.165) is 21.4 Å². The summed E-state index contributed by atoms with van der Waals surface area (Å²) in [6.45, 7) is 3.86. The molecule has 0 spiro atoms. The van der Waals surface area contributed by atoms with E-state index in [1.54, 1.807) is 16.0 Å². The summed E-state index contributed by atoms with van der Waals surface area (Å²) >= 11 is 2.98. The summed E-state index contributed by atoms with van der Waals surface area (Å²) in [4.78, 5) is 17.6. The number of para-hydroxylation sites is 1. The molecular weight excluding hydrogens is 290 g/mol. The van der Waals surface area contributed by atoms with E-state index in [4.69, 9.17) is 0 Å². The Labute approximate surface area is 124 Å². The molecule has 1 aromatic carbocycles. The van der Waals surface area contributed by atoms with Gasteiger partial charge in [-0.15, -0.1) is 11.3 Å². The Morgan fingerprint density at radius 2 is 2.00 bits per heavy atom. The largest absolute Gasteiger partial charge is 0.294 e. The van der Waals surface area contributed by atoms with Crippen molar-refractivity contribution in [1.82, 2.24) is 14.8 Å². The van der Waals surface area contributed by atoms with Crippen LogP contribution in [0.3, 0.4) is 0 Å². The van der Waals surface area contributed by atoms with Crippen LogP contribution < -0.4 is 5.56 Å². The lowest BCUT2D eigenvalue weighted by Gasteiger charge is -1.99. The summed E-state index contributed by atoms with van der Waals surface area (Å²) in [5.41, 5.74) is 2.64. The van der Waals surface area contributed by atoms with Gasteiger partial charge in [-0.05, 0) is 26.0 Å². The maximum atomic E-state index is 12.5. The van der Waals surface area contributed by atoms with E-state index in [1.165, 1.54) is 11.8 Å². The lowest BCUT2D eigenvalue weighted by atomic mass is 10.3. The van der Waals surface area contributed by atoms with E-state index in [9.17, 15) is 4.79 Å². The summed E-state index contributed by atoms with van der Waals surface area (Å²) in [6.07, 6.45) is 0. The van der Waals surface area contributed by atoms with E-state index < -0.39 is 0 Å². The van der Waals surface area contributed by atoms with Crippen LogP contribution in [0.5, 0.6) is 0 Å². The molecule has 2 aromatic heterocycles. The molecule has 0 bridgehead atoms. The molecule has 0 aliphatic heterocycles. The first kappa shape index (κ1) is 13.2. The van der Waals surface area contributed by atoms with Crippen LogP contribution in [0.25, 0.3) is 5.69 Å². The van der Waals surface area contributed by atoms with Gasteiger partial charge in [0.05, 0.1) is 5.69 Å². The second kappa shape index (κ2) is 5.30. The number of nitrogens with one attached hydrogen (secondary N) is 1. The Morgan fingerprint density at radius 1 is 1.25 bits per heavy atom. The molecule has 20 heavy (non-hydrogen) atoms. The fraction of sp³-hybridized carbons (Fsp3) is 0.143. The number of rotatable bonds is 3. The third-order valence-corrected chi connectivity index (χ3v) is 5.06. The molecule has 0 aliphatic carbocycles. The Hall–Kier alpha value is -1.79. The minimum Gasteiger partial charge on any atom is -0.294 e. The summed E-state index contributed by atoms with van der Waals surface area (Å²) < 4.78 is 2.46. The van der Waals surface area contributed by atoms with Gasteiger partial charge in [0.15, 0.2) is 4.34 Å². The Morgan fingerprint density at radius 3 is 2.65 bits per heavy atom. The third kappa shape index (κ3) is 2.44. The highest BCUT2D eigenvalue weighted by Gasteiger charge is 2.15. The van der Waals surface area contributed by atoms with Crippen molar-refractivity contribution in [3.63, 3.8) is 0 Å². The van der Waals surface area contributed by atoms with Crippen molar-refractivity contribution in [2.75, 3.05) is 0 Å². The molecule has 0 saturated carbocycles. The van der Waals surface area contributed by atoms with Crippen molar-refractivity contribution >= 4 is 23.1 Å². The Balaban J connectivity index is 2.01. The van der Waals surface area contributed by atoms with Crippen LogP contribution in [0, 0.1) is 13.8 Å². The molecule has 0 amide bonds. The average molecular weight is 303 g/mol. The van der Waals surface area contributed by atoms with E-state index in [-0.39, 0.29) is 5.56 Å². The number of nitrogens with zero attached hydrogens (tertiary/aromatic N) is 2. The first-order chi connectivity index (χ1) is 9.65. The molecule has 0 atom stereocenters. The van der Waals surface area contributed by atoms with Crippen molar-refractivity contribution in [2.24, 2.45) is 0 Å². The Bertz CT molecular complexity index is 786. The lowest BCUT2D eigenvalue weighted by Crippen LogP contribution is -2.15. The molecule has 2 heterocycles. The molecule has 4 nitrogen and oxygen atoms in total. The number of hydrogen-bond acceptors (Lipinski definition) is 4. The van der Waals surface area contributed by atoms with E-state index >= 15 is 0 Å². The fourth-order valence-corrected chi connectivity index (χ4v) is 3.73. The van der Waals surface area contributed by atoms with E-state index in [1.807, 2.05) is 49.6 Å². The third-order valence-electron chi connectivity index (χ3n) is 2.82. The average Bonchev–Trinajstić information content (AvgIpc) is 2.98. The van der Waals surface area contributed by atoms with Crippen LogP contribution in [0.15, 0.2) is 49.7 Å². The number of benzene rings is 1. The van der Waals surface area contributed by atoms with Gasteiger partial charge in [-0.25, -0.2) is 9.67 Å². The predicted molar refractivity (Wildman–Crippen MR) is 82.1 cm³/mol. The highest BCUT2D eigenvalue weighted by Crippen LogP contribution is 2.30. The summed E-state index contributed by atoms with van der Waals surface area (Å²) in [7, 11) is 0. The van der Waals surface area contributed by atoms with Crippen LogP contribution >= 0.6 is 23.1 Å². The zero-order chi connectivity index (χ0) is 14.1. The summed E-state index contributed by atoms with van der Waals surface area (Å²) in [5.74, 6) is 0. The minimum atomic E-state index is -0.0356. The highest BCUT2D eigenvalue weighted by molar-refractivity contribution is 8.01. The van der Waals surface area contributed by atoms with Gasteiger partial charge in [-0.3, -0.25) is 9.89 Å². The van der Waals surface area contributed by atoms with Crippen molar-refractivity contribution in [2.45, 2.75) is 23.1 Å². The van der Waals surface area contributed by atoms with Gasteiger partial charge in [0.2, 0.25) is 0 Å². The number of H-pyrrole nitrogens is 1. The van der Waals surface area contributed by atoms with Gasteiger partial charge in [0, 0.05) is 16.8 Å².